The van der Waals surface area contributed by atoms with Gasteiger partial charge in [0.05, 0.1) is 30.1 Å². The molecule has 0 atom stereocenters. The average molecular weight is 390 g/mol. The van der Waals surface area contributed by atoms with Gasteiger partial charge in [-0.15, -0.1) is 0 Å². The van der Waals surface area contributed by atoms with Crippen LogP contribution in [0.4, 0.5) is 13.2 Å². The lowest BCUT2D eigenvalue weighted by molar-refractivity contribution is -0.137. The molecule has 0 spiro atoms. The lowest BCUT2D eigenvalue weighted by Crippen LogP contribution is -2.23. The molecule has 0 unspecified atom stereocenters. The number of pyridine rings is 1. The molecule has 0 saturated carbocycles. The van der Waals surface area contributed by atoms with E-state index in [1.165, 1.54) is 16.9 Å². The van der Waals surface area contributed by atoms with Crippen molar-refractivity contribution in [3.8, 4) is 11.6 Å². The molecule has 0 radical (unpaired) electrons. The van der Waals surface area contributed by atoms with Gasteiger partial charge in [0.1, 0.15) is 5.75 Å². The fraction of sp³-hybridized carbons (Fsp3) is 0.211. The van der Waals surface area contributed by atoms with Crippen LogP contribution in [-0.2, 0) is 12.7 Å². The first-order chi connectivity index (χ1) is 13.3. The highest BCUT2D eigenvalue weighted by Crippen LogP contribution is 2.28. The van der Waals surface area contributed by atoms with E-state index in [2.05, 4.69) is 15.4 Å². The fourth-order valence-corrected chi connectivity index (χ4v) is 2.56. The smallest absolute Gasteiger partial charge is 0.417 e. The second-order valence-electron chi connectivity index (χ2n) is 5.99. The lowest BCUT2D eigenvalue weighted by Gasteiger charge is -2.09. The number of rotatable bonds is 5. The van der Waals surface area contributed by atoms with Crippen LogP contribution < -0.4 is 10.1 Å². The lowest BCUT2D eigenvalue weighted by atomic mass is 10.2. The summed E-state index contributed by atoms with van der Waals surface area (Å²) in [5.74, 6) is 0.572. The second-order valence-corrected chi connectivity index (χ2v) is 5.99. The zero-order chi connectivity index (χ0) is 20.3. The molecule has 9 heteroatoms. The number of benzene rings is 1. The number of carbonyl (C=O) groups is 1. The molecular formula is C19H17F3N4O2. The normalized spacial score (nSPS) is 11.3. The number of amides is 1. The van der Waals surface area contributed by atoms with Crippen LogP contribution in [0.2, 0.25) is 0 Å². The molecule has 28 heavy (non-hydrogen) atoms. The van der Waals surface area contributed by atoms with E-state index in [0.29, 0.717) is 17.8 Å². The van der Waals surface area contributed by atoms with E-state index in [9.17, 15) is 18.0 Å². The summed E-state index contributed by atoms with van der Waals surface area (Å²) in [5.41, 5.74) is 0.830. The first-order valence-corrected chi connectivity index (χ1v) is 8.29. The van der Waals surface area contributed by atoms with Crippen LogP contribution in [0.1, 0.15) is 27.2 Å². The Kier molecular flexibility index (Phi) is 5.34. The van der Waals surface area contributed by atoms with E-state index >= 15 is 0 Å². The number of nitrogens with zero attached hydrogens (tertiary/aromatic N) is 3. The molecule has 1 N–H and O–H groups in total. The molecule has 0 aliphatic heterocycles. The van der Waals surface area contributed by atoms with Crippen molar-refractivity contribution < 1.29 is 22.7 Å². The molecule has 0 fully saturated rings. The van der Waals surface area contributed by atoms with Crippen LogP contribution in [0.3, 0.4) is 0 Å². The van der Waals surface area contributed by atoms with E-state index < -0.39 is 11.7 Å². The molecule has 146 valence electrons. The third-order valence-corrected chi connectivity index (χ3v) is 4.16. The summed E-state index contributed by atoms with van der Waals surface area (Å²) in [4.78, 5) is 16.2. The zero-order valence-electron chi connectivity index (χ0n) is 15.1. The van der Waals surface area contributed by atoms with Crippen molar-refractivity contribution in [2.24, 2.45) is 0 Å². The summed E-state index contributed by atoms with van der Waals surface area (Å²) in [6.45, 7) is 1.96. The molecule has 6 nitrogen and oxygen atoms in total. The number of aromatic nitrogens is 3. The maximum absolute atomic E-state index is 12.7. The van der Waals surface area contributed by atoms with Crippen molar-refractivity contribution in [3.63, 3.8) is 0 Å². The SMILES string of the molecule is COc1ccc(CNC(=O)c2cnn(-c3ccc(C(F)(F)F)cn3)c2C)cc1. The van der Waals surface area contributed by atoms with E-state index in [1.54, 1.807) is 26.2 Å². The van der Waals surface area contributed by atoms with Crippen molar-refractivity contribution in [1.29, 1.82) is 0 Å². The summed E-state index contributed by atoms with van der Waals surface area (Å²) in [6, 6.07) is 9.39. The molecule has 3 rings (SSSR count). The maximum atomic E-state index is 12.7. The largest absolute Gasteiger partial charge is 0.497 e. The van der Waals surface area contributed by atoms with Gasteiger partial charge in [-0.05, 0) is 36.8 Å². The standard InChI is InChI=1S/C19H17F3N4O2/c1-12-16(18(27)24-9-13-3-6-15(28-2)7-4-13)11-25-26(12)17-8-5-14(10-23-17)19(20,21)22/h3-8,10-11H,9H2,1-2H3,(H,24,27). The average Bonchev–Trinajstić information content (AvgIpc) is 3.07. The van der Waals surface area contributed by atoms with Crippen LogP contribution in [0.5, 0.6) is 5.75 Å². The Morgan fingerprint density at radius 3 is 2.43 bits per heavy atom. The number of hydrogen-bond acceptors (Lipinski definition) is 4. The van der Waals surface area contributed by atoms with Gasteiger partial charge in [0.25, 0.3) is 5.91 Å². The topological polar surface area (TPSA) is 69.0 Å². The van der Waals surface area contributed by atoms with E-state index in [1.807, 2.05) is 12.1 Å². The van der Waals surface area contributed by atoms with Crippen molar-refractivity contribution in [3.05, 3.63) is 71.2 Å². The molecule has 2 aromatic heterocycles. The fourth-order valence-electron chi connectivity index (χ4n) is 2.56. The maximum Gasteiger partial charge on any atom is 0.417 e. The monoisotopic (exact) mass is 390 g/mol. The van der Waals surface area contributed by atoms with Crippen LogP contribution in [0.15, 0.2) is 48.8 Å². The Bertz CT molecular complexity index is 964. The quantitative estimate of drug-likeness (QED) is 0.724. The highest BCUT2D eigenvalue weighted by atomic mass is 19.4. The number of carbonyl (C=O) groups excluding carboxylic acids is 1. The Morgan fingerprint density at radius 1 is 1.14 bits per heavy atom. The third-order valence-electron chi connectivity index (χ3n) is 4.16. The van der Waals surface area contributed by atoms with Gasteiger partial charge in [-0.2, -0.15) is 18.3 Å². The molecule has 0 aliphatic rings. The van der Waals surface area contributed by atoms with Crippen LogP contribution in [0.25, 0.3) is 5.82 Å². The van der Waals surface area contributed by atoms with Gasteiger partial charge in [0.15, 0.2) is 5.82 Å². The number of nitrogens with one attached hydrogen (secondary N) is 1. The first kappa shape index (κ1) is 19.4. The minimum atomic E-state index is -4.46. The van der Waals surface area contributed by atoms with Gasteiger partial charge in [-0.3, -0.25) is 4.79 Å². The third kappa shape index (κ3) is 4.13. The Morgan fingerprint density at radius 2 is 1.86 bits per heavy atom. The van der Waals surface area contributed by atoms with Gasteiger partial charge < -0.3 is 10.1 Å². The summed E-state index contributed by atoms with van der Waals surface area (Å²) in [7, 11) is 1.57. The Balaban J connectivity index is 1.72. The predicted molar refractivity (Wildman–Crippen MR) is 95.3 cm³/mol. The highest BCUT2D eigenvalue weighted by Gasteiger charge is 2.30. The molecule has 2 heterocycles. The Hall–Kier alpha value is -3.36. The van der Waals surface area contributed by atoms with Gasteiger partial charge in [-0.25, -0.2) is 9.67 Å². The molecule has 1 aromatic carbocycles. The first-order valence-electron chi connectivity index (χ1n) is 8.29. The molecule has 1 amide bonds. The highest BCUT2D eigenvalue weighted by molar-refractivity contribution is 5.95. The Labute approximate surface area is 159 Å². The van der Waals surface area contributed by atoms with Crippen molar-refractivity contribution in [1.82, 2.24) is 20.1 Å². The predicted octanol–water partition coefficient (Wildman–Crippen LogP) is 3.53. The number of hydrogen-bond donors (Lipinski definition) is 1. The zero-order valence-corrected chi connectivity index (χ0v) is 15.1. The number of ether oxygens (including phenoxy) is 1. The van der Waals surface area contributed by atoms with E-state index in [-0.39, 0.29) is 11.7 Å². The summed E-state index contributed by atoms with van der Waals surface area (Å²) in [6.07, 6.45) is -2.37. The minimum Gasteiger partial charge on any atom is -0.497 e. The number of methoxy groups -OCH3 is 1. The molecule has 0 saturated heterocycles. The molecular weight excluding hydrogens is 373 g/mol. The van der Waals surface area contributed by atoms with Crippen LogP contribution in [-0.4, -0.2) is 27.8 Å². The molecule has 3 aromatic rings. The molecule has 0 aliphatic carbocycles. The number of halogens is 3. The summed E-state index contributed by atoms with van der Waals surface area (Å²) >= 11 is 0. The summed E-state index contributed by atoms with van der Waals surface area (Å²) < 4.78 is 44.4. The van der Waals surface area contributed by atoms with E-state index in [0.717, 1.165) is 23.6 Å². The second kappa shape index (κ2) is 7.71. The van der Waals surface area contributed by atoms with E-state index in [4.69, 9.17) is 4.74 Å². The van der Waals surface area contributed by atoms with Crippen molar-refractivity contribution in [2.45, 2.75) is 19.6 Å². The van der Waals surface area contributed by atoms with Gasteiger partial charge in [0.2, 0.25) is 0 Å². The number of alkyl halides is 3. The van der Waals surface area contributed by atoms with Crippen LogP contribution >= 0.6 is 0 Å². The minimum absolute atomic E-state index is 0.194. The summed E-state index contributed by atoms with van der Waals surface area (Å²) in [5, 5.41) is 6.86. The van der Waals surface area contributed by atoms with Crippen molar-refractivity contribution in [2.75, 3.05) is 7.11 Å². The van der Waals surface area contributed by atoms with Crippen LogP contribution in [0, 0.1) is 6.92 Å². The van der Waals surface area contributed by atoms with Gasteiger partial charge >= 0.3 is 6.18 Å². The van der Waals surface area contributed by atoms with Crippen molar-refractivity contribution >= 4 is 5.91 Å². The van der Waals surface area contributed by atoms with Gasteiger partial charge in [0, 0.05) is 12.7 Å². The molecule has 0 bridgehead atoms. The van der Waals surface area contributed by atoms with Gasteiger partial charge in [-0.1, -0.05) is 12.1 Å².